The molecule has 1 aliphatic rings. The van der Waals surface area contributed by atoms with Crippen molar-refractivity contribution in [3.05, 3.63) is 34.9 Å². The van der Waals surface area contributed by atoms with E-state index in [0.29, 0.717) is 11.6 Å². The largest absolute Gasteiger partial charge is 0.481 e. The zero-order valence-electron chi connectivity index (χ0n) is 11.7. The standard InChI is InChI=1S/C15H19ClN2O3/c16-11-3-1-10(2-4-11)9-18(12-5-6-12)15(21)13(17)7-8-14(19)20/h1-4,12-13H,5-9,17H2,(H,19,20). The lowest BCUT2D eigenvalue weighted by Crippen LogP contribution is -2.44. The Labute approximate surface area is 128 Å². The number of nitrogens with zero attached hydrogens (tertiary/aromatic N) is 1. The highest BCUT2D eigenvalue weighted by molar-refractivity contribution is 6.30. The molecule has 1 unspecified atom stereocenters. The number of halogens is 1. The molecule has 5 nitrogen and oxygen atoms in total. The van der Waals surface area contributed by atoms with E-state index in [9.17, 15) is 9.59 Å². The van der Waals surface area contributed by atoms with Crippen LogP contribution in [0, 0.1) is 0 Å². The van der Waals surface area contributed by atoms with E-state index in [1.807, 2.05) is 12.1 Å². The topological polar surface area (TPSA) is 83.6 Å². The fourth-order valence-electron chi connectivity index (χ4n) is 2.18. The van der Waals surface area contributed by atoms with Crippen LogP contribution in [0.25, 0.3) is 0 Å². The van der Waals surface area contributed by atoms with E-state index in [1.165, 1.54) is 0 Å². The van der Waals surface area contributed by atoms with Crippen molar-refractivity contribution in [3.8, 4) is 0 Å². The maximum atomic E-state index is 12.4. The molecule has 1 saturated carbocycles. The van der Waals surface area contributed by atoms with Crippen molar-refractivity contribution in [1.29, 1.82) is 0 Å². The predicted octanol–water partition coefficient (Wildman–Crippen LogP) is 2.02. The Kier molecular flexibility index (Phi) is 5.20. The highest BCUT2D eigenvalue weighted by Gasteiger charge is 2.34. The van der Waals surface area contributed by atoms with Crippen molar-refractivity contribution in [2.75, 3.05) is 0 Å². The van der Waals surface area contributed by atoms with Gasteiger partial charge >= 0.3 is 5.97 Å². The van der Waals surface area contributed by atoms with Gasteiger partial charge in [-0.3, -0.25) is 9.59 Å². The number of nitrogens with two attached hydrogens (primary N) is 1. The average molecular weight is 311 g/mol. The Morgan fingerprint density at radius 3 is 2.48 bits per heavy atom. The molecule has 1 aromatic rings. The van der Waals surface area contributed by atoms with Crippen LogP contribution in [0.2, 0.25) is 5.02 Å². The summed E-state index contributed by atoms with van der Waals surface area (Å²) < 4.78 is 0. The van der Waals surface area contributed by atoms with Crippen molar-refractivity contribution < 1.29 is 14.7 Å². The normalized spacial score (nSPS) is 15.5. The van der Waals surface area contributed by atoms with E-state index in [4.69, 9.17) is 22.4 Å². The average Bonchev–Trinajstić information content (AvgIpc) is 3.28. The fraction of sp³-hybridized carbons (Fsp3) is 0.467. The third kappa shape index (κ3) is 4.72. The number of amides is 1. The van der Waals surface area contributed by atoms with E-state index < -0.39 is 12.0 Å². The predicted molar refractivity (Wildman–Crippen MR) is 79.9 cm³/mol. The molecule has 1 atom stereocenters. The van der Waals surface area contributed by atoms with Crippen LogP contribution in [0.4, 0.5) is 0 Å². The van der Waals surface area contributed by atoms with Crippen LogP contribution >= 0.6 is 11.6 Å². The molecule has 0 spiro atoms. The molecule has 0 aliphatic heterocycles. The summed E-state index contributed by atoms with van der Waals surface area (Å²) in [7, 11) is 0. The van der Waals surface area contributed by atoms with E-state index in [-0.39, 0.29) is 24.8 Å². The minimum Gasteiger partial charge on any atom is -0.481 e. The van der Waals surface area contributed by atoms with Gasteiger partial charge in [-0.15, -0.1) is 0 Å². The van der Waals surface area contributed by atoms with Gasteiger partial charge in [0.15, 0.2) is 0 Å². The van der Waals surface area contributed by atoms with Crippen LogP contribution in [-0.2, 0) is 16.1 Å². The molecule has 21 heavy (non-hydrogen) atoms. The summed E-state index contributed by atoms with van der Waals surface area (Å²) >= 11 is 5.85. The third-order valence-corrected chi connectivity index (χ3v) is 3.78. The molecule has 1 amide bonds. The van der Waals surface area contributed by atoms with Crippen molar-refractivity contribution >= 4 is 23.5 Å². The summed E-state index contributed by atoms with van der Waals surface area (Å²) in [5.74, 6) is -1.11. The molecular formula is C15H19ClN2O3. The summed E-state index contributed by atoms with van der Waals surface area (Å²) in [4.78, 5) is 24.7. The molecule has 0 radical (unpaired) electrons. The minimum absolute atomic E-state index is 0.0909. The number of carbonyl (C=O) groups is 2. The van der Waals surface area contributed by atoms with Gasteiger partial charge in [0.25, 0.3) is 0 Å². The van der Waals surface area contributed by atoms with Crippen LogP contribution in [0.5, 0.6) is 0 Å². The summed E-state index contributed by atoms with van der Waals surface area (Å²) in [6, 6.07) is 6.81. The lowest BCUT2D eigenvalue weighted by Gasteiger charge is -2.25. The second-order valence-corrected chi connectivity index (χ2v) is 5.80. The van der Waals surface area contributed by atoms with Gasteiger partial charge in [-0.1, -0.05) is 23.7 Å². The maximum absolute atomic E-state index is 12.4. The molecule has 114 valence electrons. The van der Waals surface area contributed by atoms with Crippen LogP contribution in [0.3, 0.4) is 0 Å². The summed E-state index contributed by atoms with van der Waals surface area (Å²) in [6.45, 7) is 0.488. The monoisotopic (exact) mass is 310 g/mol. The van der Waals surface area contributed by atoms with Gasteiger partial charge in [0, 0.05) is 24.0 Å². The van der Waals surface area contributed by atoms with Crippen LogP contribution < -0.4 is 5.73 Å². The quantitative estimate of drug-likeness (QED) is 0.807. The van der Waals surface area contributed by atoms with Gasteiger partial charge in [0.1, 0.15) is 0 Å². The number of rotatable bonds is 7. The molecule has 1 fully saturated rings. The third-order valence-electron chi connectivity index (χ3n) is 3.52. The second-order valence-electron chi connectivity index (χ2n) is 5.36. The number of carboxylic acids is 1. The lowest BCUT2D eigenvalue weighted by atomic mass is 10.1. The first-order chi connectivity index (χ1) is 9.97. The van der Waals surface area contributed by atoms with Crippen LogP contribution in [-0.4, -0.2) is 34.0 Å². The highest BCUT2D eigenvalue weighted by atomic mass is 35.5. The van der Waals surface area contributed by atoms with Gasteiger partial charge in [-0.05, 0) is 37.0 Å². The Bertz CT molecular complexity index is 514. The molecule has 6 heteroatoms. The van der Waals surface area contributed by atoms with Crippen LogP contribution in [0.15, 0.2) is 24.3 Å². The van der Waals surface area contributed by atoms with E-state index >= 15 is 0 Å². The molecular weight excluding hydrogens is 292 g/mol. The molecule has 3 N–H and O–H groups in total. The SMILES string of the molecule is NC(CCC(=O)O)C(=O)N(Cc1ccc(Cl)cc1)C1CC1. The number of hydrogen-bond acceptors (Lipinski definition) is 3. The fourth-order valence-corrected chi connectivity index (χ4v) is 2.30. The maximum Gasteiger partial charge on any atom is 0.303 e. The van der Waals surface area contributed by atoms with E-state index in [2.05, 4.69) is 0 Å². The first-order valence-electron chi connectivity index (χ1n) is 6.99. The Balaban J connectivity index is 1.99. The zero-order chi connectivity index (χ0) is 15.4. The van der Waals surface area contributed by atoms with Crippen molar-refractivity contribution in [2.24, 2.45) is 5.73 Å². The van der Waals surface area contributed by atoms with Gasteiger partial charge in [0.05, 0.1) is 6.04 Å². The van der Waals surface area contributed by atoms with Crippen molar-refractivity contribution in [2.45, 2.75) is 44.3 Å². The summed E-state index contributed by atoms with van der Waals surface area (Å²) in [5.41, 5.74) is 6.82. The second kappa shape index (κ2) is 6.91. The van der Waals surface area contributed by atoms with Gasteiger partial charge in [-0.2, -0.15) is 0 Å². The number of carboxylic acid groups (broad SMARTS) is 1. The Hall–Kier alpha value is -1.59. The van der Waals surface area contributed by atoms with Crippen molar-refractivity contribution in [1.82, 2.24) is 4.90 Å². The Morgan fingerprint density at radius 2 is 1.95 bits per heavy atom. The van der Waals surface area contributed by atoms with Gasteiger partial charge in [0.2, 0.25) is 5.91 Å². The minimum atomic E-state index is -0.936. The highest BCUT2D eigenvalue weighted by Crippen LogP contribution is 2.29. The smallest absolute Gasteiger partial charge is 0.303 e. The molecule has 1 aromatic carbocycles. The van der Waals surface area contributed by atoms with E-state index in [1.54, 1.807) is 17.0 Å². The number of hydrogen-bond donors (Lipinski definition) is 2. The molecule has 0 heterocycles. The van der Waals surface area contributed by atoms with E-state index in [0.717, 1.165) is 18.4 Å². The number of benzene rings is 1. The summed E-state index contributed by atoms with van der Waals surface area (Å²) in [6.07, 6.45) is 2.03. The van der Waals surface area contributed by atoms with Gasteiger partial charge < -0.3 is 15.7 Å². The first-order valence-corrected chi connectivity index (χ1v) is 7.37. The molecule has 0 saturated heterocycles. The molecule has 2 rings (SSSR count). The lowest BCUT2D eigenvalue weighted by molar-refractivity contribution is -0.138. The summed E-state index contributed by atoms with van der Waals surface area (Å²) in [5, 5.41) is 9.33. The first kappa shape index (κ1) is 15.8. The Morgan fingerprint density at radius 1 is 1.33 bits per heavy atom. The number of carbonyl (C=O) groups excluding carboxylic acids is 1. The molecule has 0 aromatic heterocycles. The zero-order valence-corrected chi connectivity index (χ0v) is 12.4. The molecule has 0 bridgehead atoms. The van der Waals surface area contributed by atoms with Crippen LogP contribution in [0.1, 0.15) is 31.2 Å². The molecule has 1 aliphatic carbocycles. The number of aliphatic carboxylic acids is 1. The van der Waals surface area contributed by atoms with Gasteiger partial charge in [-0.25, -0.2) is 0 Å². The van der Waals surface area contributed by atoms with Crippen molar-refractivity contribution in [3.63, 3.8) is 0 Å².